The Hall–Kier alpha value is -3.10. The molecule has 1 N–H and O–H groups in total. The molecule has 0 saturated carbocycles. The van der Waals surface area contributed by atoms with Crippen LogP contribution >= 0.6 is 0 Å². The Morgan fingerprint density at radius 2 is 2.03 bits per heavy atom. The molecule has 154 valence electrons. The highest BCUT2D eigenvalue weighted by Crippen LogP contribution is 2.43. The zero-order valence-corrected chi connectivity index (χ0v) is 17.0. The number of hydrogen-bond acceptors (Lipinski definition) is 7. The fourth-order valence-electron chi connectivity index (χ4n) is 4.51. The van der Waals surface area contributed by atoms with E-state index in [1.54, 1.807) is 6.20 Å². The van der Waals surface area contributed by atoms with Crippen LogP contribution in [0.15, 0.2) is 34.0 Å². The molecule has 2 atom stereocenters. The molecular weight excluding hydrogens is 406 g/mol. The van der Waals surface area contributed by atoms with E-state index in [-0.39, 0.29) is 11.8 Å². The van der Waals surface area contributed by atoms with Crippen LogP contribution < -0.4 is 0 Å². The lowest BCUT2D eigenvalue weighted by atomic mass is 9.76. The Kier molecular flexibility index (Phi) is 4.41. The van der Waals surface area contributed by atoms with Crippen molar-refractivity contribution in [2.75, 3.05) is 19.3 Å². The van der Waals surface area contributed by atoms with E-state index in [9.17, 15) is 8.42 Å². The molecule has 1 saturated heterocycles. The second-order valence-corrected chi connectivity index (χ2v) is 9.66. The van der Waals surface area contributed by atoms with Gasteiger partial charge in [-0.3, -0.25) is 5.10 Å². The molecule has 11 heteroatoms. The zero-order chi connectivity index (χ0) is 20.9. The minimum Gasteiger partial charge on any atom is -0.306 e. The van der Waals surface area contributed by atoms with E-state index in [0.717, 1.165) is 16.8 Å². The number of H-pyrrole nitrogens is 1. The number of nitrogens with zero attached hydrogens (tertiary/aromatic N) is 6. The van der Waals surface area contributed by atoms with Crippen molar-refractivity contribution in [2.45, 2.75) is 24.8 Å². The topological polar surface area (TPSA) is 122 Å². The molecule has 0 aliphatic carbocycles. The van der Waals surface area contributed by atoms with Crippen LogP contribution in [0.25, 0.3) is 15.9 Å². The molecule has 4 heterocycles. The standard InChI is InChI=1S/C19H19N7O3S/c1-20-18-15(12-4-3-5-14-17(12)25-29-24-14)13-10-21-23-19(13)22-16(18)11-6-8-26(9-7-11)30(2,27)28/h3-5,10-11,15,18H,6-9H2,2H3,(H,21,23). The number of nitrogens with one attached hydrogen (secondary N) is 1. The van der Waals surface area contributed by atoms with Crippen LogP contribution in [0.4, 0.5) is 5.82 Å². The Labute approximate surface area is 172 Å². The van der Waals surface area contributed by atoms with Gasteiger partial charge in [0.05, 0.1) is 18.4 Å². The SMILES string of the molecule is [C-]#[N+]C1C(C2CCN(S(C)(=O)=O)CC2)=Nc2[nH]ncc2C1c1cccc2nonc12. The van der Waals surface area contributed by atoms with Crippen LogP contribution in [0.3, 0.4) is 0 Å². The average molecular weight is 425 g/mol. The first-order chi connectivity index (χ1) is 14.5. The van der Waals surface area contributed by atoms with Crippen molar-refractivity contribution in [2.24, 2.45) is 10.9 Å². The first kappa shape index (κ1) is 18.9. The van der Waals surface area contributed by atoms with Gasteiger partial charge in [-0.15, -0.1) is 0 Å². The predicted molar refractivity (Wildman–Crippen MR) is 109 cm³/mol. The maximum Gasteiger partial charge on any atom is 0.272 e. The van der Waals surface area contributed by atoms with Crippen molar-refractivity contribution in [1.82, 2.24) is 24.8 Å². The second-order valence-electron chi connectivity index (χ2n) is 7.68. The van der Waals surface area contributed by atoms with Gasteiger partial charge in [0.2, 0.25) is 10.0 Å². The predicted octanol–water partition coefficient (Wildman–Crippen LogP) is 2.12. The fraction of sp³-hybridized carbons (Fsp3) is 0.421. The summed E-state index contributed by atoms with van der Waals surface area (Å²) in [5, 5.41) is 15.1. The lowest BCUT2D eigenvalue weighted by molar-refractivity contribution is 0.314. The second kappa shape index (κ2) is 7.00. The van der Waals surface area contributed by atoms with E-state index in [4.69, 9.17) is 16.2 Å². The van der Waals surface area contributed by atoms with E-state index < -0.39 is 16.1 Å². The maximum absolute atomic E-state index is 11.9. The summed E-state index contributed by atoms with van der Waals surface area (Å²) in [5.41, 5.74) is 3.71. The minimum absolute atomic E-state index is 0.0238. The lowest BCUT2D eigenvalue weighted by Gasteiger charge is -2.33. The van der Waals surface area contributed by atoms with Gasteiger partial charge in [-0.2, -0.15) is 5.10 Å². The summed E-state index contributed by atoms with van der Waals surface area (Å²) in [6.07, 6.45) is 4.19. The number of aromatic nitrogens is 4. The third-order valence-corrected chi connectivity index (χ3v) is 7.28. The zero-order valence-electron chi connectivity index (χ0n) is 16.2. The molecule has 10 nitrogen and oxygen atoms in total. The van der Waals surface area contributed by atoms with E-state index in [2.05, 4.69) is 25.4 Å². The van der Waals surface area contributed by atoms with Crippen molar-refractivity contribution in [3.63, 3.8) is 0 Å². The van der Waals surface area contributed by atoms with Crippen LogP contribution in [-0.4, -0.2) is 64.3 Å². The van der Waals surface area contributed by atoms with E-state index in [0.29, 0.717) is 42.8 Å². The molecule has 30 heavy (non-hydrogen) atoms. The summed E-state index contributed by atoms with van der Waals surface area (Å²) < 4.78 is 30.1. The molecule has 1 aromatic carbocycles. The molecule has 0 bridgehead atoms. The highest BCUT2D eigenvalue weighted by atomic mass is 32.2. The van der Waals surface area contributed by atoms with Crippen LogP contribution in [-0.2, 0) is 10.0 Å². The van der Waals surface area contributed by atoms with Crippen LogP contribution in [0.1, 0.15) is 29.9 Å². The fourth-order valence-corrected chi connectivity index (χ4v) is 5.39. The Morgan fingerprint density at radius 1 is 1.23 bits per heavy atom. The van der Waals surface area contributed by atoms with Crippen molar-refractivity contribution in [1.29, 1.82) is 0 Å². The quantitative estimate of drug-likeness (QED) is 0.642. The average Bonchev–Trinajstić information content (AvgIpc) is 3.40. The number of fused-ring (bicyclic) bond motifs is 2. The largest absolute Gasteiger partial charge is 0.306 e. The van der Waals surface area contributed by atoms with Crippen LogP contribution in [0.5, 0.6) is 0 Å². The van der Waals surface area contributed by atoms with Gasteiger partial charge in [-0.05, 0) is 34.8 Å². The Morgan fingerprint density at radius 3 is 2.77 bits per heavy atom. The van der Waals surface area contributed by atoms with Gasteiger partial charge in [0.25, 0.3) is 6.04 Å². The summed E-state index contributed by atoms with van der Waals surface area (Å²) in [5.74, 6) is 0.344. The third kappa shape index (κ3) is 3.00. The molecule has 5 rings (SSSR count). The van der Waals surface area contributed by atoms with Gasteiger partial charge in [-0.25, -0.2) is 28.9 Å². The van der Waals surface area contributed by atoms with E-state index >= 15 is 0 Å². The summed E-state index contributed by atoms with van der Waals surface area (Å²) in [6.45, 7) is 8.83. The highest BCUT2D eigenvalue weighted by molar-refractivity contribution is 7.88. The normalized spacial score (nSPS) is 23.1. The molecule has 0 spiro atoms. The first-order valence-electron chi connectivity index (χ1n) is 9.62. The van der Waals surface area contributed by atoms with E-state index in [1.807, 2.05) is 18.2 Å². The maximum atomic E-state index is 11.9. The number of benzene rings is 1. The summed E-state index contributed by atoms with van der Waals surface area (Å²) >= 11 is 0. The number of aliphatic imine (C=N–C) groups is 1. The molecule has 2 aliphatic heterocycles. The van der Waals surface area contributed by atoms with Gasteiger partial charge < -0.3 is 4.85 Å². The van der Waals surface area contributed by atoms with Crippen molar-refractivity contribution < 1.29 is 13.0 Å². The van der Waals surface area contributed by atoms with Gasteiger partial charge >= 0.3 is 0 Å². The highest BCUT2D eigenvalue weighted by Gasteiger charge is 2.45. The third-order valence-electron chi connectivity index (χ3n) is 5.97. The minimum atomic E-state index is -3.22. The van der Waals surface area contributed by atoms with Gasteiger partial charge in [0.1, 0.15) is 16.7 Å². The molecular formula is C19H19N7O3S. The molecule has 0 amide bonds. The monoisotopic (exact) mass is 425 g/mol. The molecule has 2 unspecified atom stereocenters. The number of sulfonamides is 1. The Bertz CT molecular complexity index is 1280. The molecule has 3 aromatic rings. The summed E-state index contributed by atoms with van der Waals surface area (Å²) in [7, 11) is -3.22. The smallest absolute Gasteiger partial charge is 0.272 e. The van der Waals surface area contributed by atoms with Crippen molar-refractivity contribution in [3.05, 3.63) is 46.9 Å². The van der Waals surface area contributed by atoms with Crippen LogP contribution in [0.2, 0.25) is 0 Å². The number of aromatic amines is 1. The Balaban J connectivity index is 1.56. The van der Waals surface area contributed by atoms with Crippen molar-refractivity contribution >= 4 is 32.6 Å². The molecule has 0 radical (unpaired) electrons. The first-order valence-corrected chi connectivity index (χ1v) is 11.5. The number of hydrogen-bond donors (Lipinski definition) is 1. The molecule has 2 aliphatic rings. The molecule has 2 aromatic heterocycles. The number of piperidine rings is 1. The molecule has 1 fully saturated rings. The summed E-state index contributed by atoms with van der Waals surface area (Å²) in [4.78, 5) is 8.74. The van der Waals surface area contributed by atoms with Gasteiger partial charge in [0, 0.05) is 24.6 Å². The lowest BCUT2D eigenvalue weighted by Crippen LogP contribution is -2.43. The van der Waals surface area contributed by atoms with Crippen molar-refractivity contribution in [3.8, 4) is 0 Å². The van der Waals surface area contributed by atoms with Gasteiger partial charge in [-0.1, -0.05) is 12.1 Å². The van der Waals surface area contributed by atoms with Crippen LogP contribution in [0, 0.1) is 12.5 Å². The number of rotatable bonds is 3. The van der Waals surface area contributed by atoms with Gasteiger partial charge in [0.15, 0.2) is 5.82 Å². The summed E-state index contributed by atoms with van der Waals surface area (Å²) in [6, 6.07) is 5.09. The van der Waals surface area contributed by atoms with E-state index in [1.165, 1.54) is 10.6 Å².